The molecule has 2 saturated heterocycles. The molecule has 2 fully saturated rings. The van der Waals surface area contributed by atoms with Gasteiger partial charge < -0.3 is 14.4 Å². The van der Waals surface area contributed by atoms with Crippen molar-refractivity contribution in [3.63, 3.8) is 0 Å². The van der Waals surface area contributed by atoms with Gasteiger partial charge in [-0.3, -0.25) is 9.69 Å². The molecule has 3 heterocycles. The van der Waals surface area contributed by atoms with Crippen LogP contribution in [-0.2, 0) is 14.3 Å². The zero-order chi connectivity index (χ0) is 16.6. The van der Waals surface area contributed by atoms with Gasteiger partial charge in [-0.05, 0) is 31.4 Å². The lowest BCUT2D eigenvalue weighted by Crippen LogP contribution is -2.47. The number of benzene rings is 1. The predicted molar refractivity (Wildman–Crippen MR) is 92.4 cm³/mol. The van der Waals surface area contributed by atoms with Gasteiger partial charge in [0.25, 0.3) is 5.91 Å². The van der Waals surface area contributed by atoms with Gasteiger partial charge in [0, 0.05) is 44.4 Å². The lowest BCUT2D eigenvalue weighted by atomic mass is 10.0. The zero-order valence-corrected chi connectivity index (χ0v) is 14.4. The molecule has 5 heteroatoms. The molecule has 2 atom stereocenters. The third-order valence-electron chi connectivity index (χ3n) is 5.57. The maximum Gasteiger partial charge on any atom is 0.258 e. The summed E-state index contributed by atoms with van der Waals surface area (Å²) in [5.41, 5.74) is 1.71. The topological polar surface area (TPSA) is 42.0 Å². The highest BCUT2D eigenvalue weighted by atomic mass is 16.5. The molecule has 1 aromatic carbocycles. The van der Waals surface area contributed by atoms with E-state index in [4.69, 9.17) is 9.47 Å². The second kappa shape index (κ2) is 6.47. The first-order valence-electron chi connectivity index (χ1n) is 9.02. The molecule has 0 unspecified atom stereocenters. The van der Waals surface area contributed by atoms with E-state index in [1.807, 2.05) is 17.9 Å². The van der Waals surface area contributed by atoms with E-state index in [-0.39, 0.29) is 5.91 Å². The van der Waals surface area contributed by atoms with E-state index in [9.17, 15) is 4.79 Å². The normalized spacial score (nSPS) is 30.5. The summed E-state index contributed by atoms with van der Waals surface area (Å²) in [7, 11) is 0. The van der Waals surface area contributed by atoms with Crippen molar-refractivity contribution in [3.05, 3.63) is 29.8 Å². The molecule has 3 aliphatic rings. The first-order chi connectivity index (χ1) is 11.7. The monoisotopic (exact) mass is 330 g/mol. The van der Waals surface area contributed by atoms with E-state index < -0.39 is 5.60 Å². The molecule has 0 spiro atoms. The van der Waals surface area contributed by atoms with Crippen molar-refractivity contribution in [2.24, 2.45) is 0 Å². The van der Waals surface area contributed by atoms with Crippen LogP contribution in [0, 0.1) is 0 Å². The Morgan fingerprint density at radius 1 is 1.25 bits per heavy atom. The molecule has 3 aliphatic heterocycles. The third-order valence-corrected chi connectivity index (χ3v) is 5.57. The van der Waals surface area contributed by atoms with Crippen molar-refractivity contribution >= 4 is 11.6 Å². The van der Waals surface area contributed by atoms with Crippen molar-refractivity contribution in [1.82, 2.24) is 4.90 Å². The lowest BCUT2D eigenvalue weighted by molar-refractivity contribution is -0.136. The molecular weight excluding hydrogens is 304 g/mol. The van der Waals surface area contributed by atoms with Gasteiger partial charge in [-0.1, -0.05) is 18.2 Å². The maximum absolute atomic E-state index is 13.1. The summed E-state index contributed by atoms with van der Waals surface area (Å²) in [5.74, 6) is 0.491. The molecule has 5 nitrogen and oxygen atoms in total. The molecule has 4 rings (SSSR count). The van der Waals surface area contributed by atoms with Crippen LogP contribution in [0.25, 0.3) is 0 Å². The predicted octanol–water partition coefficient (Wildman–Crippen LogP) is 2.02. The fraction of sp³-hybridized carbons (Fsp3) is 0.632. The van der Waals surface area contributed by atoms with Crippen LogP contribution in [0.1, 0.15) is 31.2 Å². The molecule has 0 aromatic heterocycles. The number of carbonyl (C=O) groups excluding carboxylic acids is 1. The second-order valence-corrected chi connectivity index (χ2v) is 7.27. The lowest BCUT2D eigenvalue weighted by Gasteiger charge is -2.30. The van der Waals surface area contributed by atoms with E-state index in [2.05, 4.69) is 23.1 Å². The SMILES string of the molecule is C[C@]1(C(=O)N2C[C@H](CN3CCOCC3)c3ccccc32)CCCO1. The summed E-state index contributed by atoms with van der Waals surface area (Å²) in [6.07, 6.45) is 1.79. The number of hydrogen-bond acceptors (Lipinski definition) is 4. The average Bonchev–Trinajstić information content (AvgIpc) is 3.21. The number of nitrogens with zero attached hydrogens (tertiary/aromatic N) is 2. The number of anilines is 1. The Bertz CT molecular complexity index is 606. The van der Waals surface area contributed by atoms with Gasteiger partial charge in [0.1, 0.15) is 5.60 Å². The minimum Gasteiger partial charge on any atom is -0.379 e. The molecule has 0 bridgehead atoms. The van der Waals surface area contributed by atoms with Gasteiger partial charge in [-0.2, -0.15) is 0 Å². The molecule has 24 heavy (non-hydrogen) atoms. The Morgan fingerprint density at radius 2 is 2.04 bits per heavy atom. The Kier molecular flexibility index (Phi) is 4.33. The van der Waals surface area contributed by atoms with Crippen LogP contribution in [0.4, 0.5) is 5.69 Å². The van der Waals surface area contributed by atoms with Crippen LogP contribution in [-0.4, -0.2) is 62.4 Å². The summed E-state index contributed by atoms with van der Waals surface area (Å²) in [6.45, 7) is 7.96. The Morgan fingerprint density at radius 3 is 2.79 bits per heavy atom. The van der Waals surface area contributed by atoms with Gasteiger partial charge in [0.15, 0.2) is 0 Å². The standard InChI is InChI=1S/C19H26N2O3/c1-19(7-4-10-24-19)18(22)21-14-15(13-20-8-11-23-12-9-20)16-5-2-3-6-17(16)21/h2-3,5-6,15H,4,7-14H2,1H3/t15-,19+/m0/s1. The Hall–Kier alpha value is -1.43. The van der Waals surface area contributed by atoms with Gasteiger partial charge in [-0.15, -0.1) is 0 Å². The average molecular weight is 330 g/mol. The summed E-state index contributed by atoms with van der Waals surface area (Å²) in [6, 6.07) is 8.34. The highest BCUT2D eigenvalue weighted by Gasteiger charge is 2.44. The summed E-state index contributed by atoms with van der Waals surface area (Å²) < 4.78 is 11.2. The highest BCUT2D eigenvalue weighted by Crippen LogP contribution is 2.39. The Labute approximate surface area is 143 Å². The summed E-state index contributed by atoms with van der Waals surface area (Å²) in [5, 5.41) is 0. The Balaban J connectivity index is 1.55. The number of ether oxygens (including phenoxy) is 2. The number of hydrogen-bond donors (Lipinski definition) is 0. The first kappa shape index (κ1) is 16.1. The molecule has 0 aliphatic carbocycles. The van der Waals surface area contributed by atoms with Gasteiger partial charge in [0.2, 0.25) is 0 Å². The van der Waals surface area contributed by atoms with E-state index >= 15 is 0 Å². The summed E-state index contributed by atoms with van der Waals surface area (Å²) >= 11 is 0. The number of carbonyl (C=O) groups is 1. The molecular formula is C19H26N2O3. The van der Waals surface area contributed by atoms with Crippen molar-refractivity contribution in [3.8, 4) is 0 Å². The van der Waals surface area contributed by atoms with Crippen molar-refractivity contribution in [1.29, 1.82) is 0 Å². The van der Waals surface area contributed by atoms with Gasteiger partial charge in [-0.25, -0.2) is 0 Å². The highest BCUT2D eigenvalue weighted by molar-refractivity contribution is 6.01. The van der Waals surface area contributed by atoms with E-state index in [1.54, 1.807) is 0 Å². The molecule has 0 radical (unpaired) electrons. The van der Waals surface area contributed by atoms with Gasteiger partial charge >= 0.3 is 0 Å². The van der Waals surface area contributed by atoms with Crippen LogP contribution < -0.4 is 4.90 Å². The third kappa shape index (κ3) is 2.85. The van der Waals surface area contributed by atoms with Crippen LogP contribution >= 0.6 is 0 Å². The first-order valence-corrected chi connectivity index (χ1v) is 9.02. The van der Waals surface area contributed by atoms with Crippen LogP contribution in [0.2, 0.25) is 0 Å². The number of amides is 1. The van der Waals surface area contributed by atoms with E-state index in [0.29, 0.717) is 12.5 Å². The van der Waals surface area contributed by atoms with Gasteiger partial charge in [0.05, 0.1) is 13.2 Å². The zero-order valence-electron chi connectivity index (χ0n) is 14.4. The van der Waals surface area contributed by atoms with Crippen LogP contribution in [0.3, 0.4) is 0 Å². The summed E-state index contributed by atoms with van der Waals surface area (Å²) in [4.78, 5) is 17.6. The van der Waals surface area contributed by atoms with Crippen molar-refractivity contribution in [2.45, 2.75) is 31.3 Å². The second-order valence-electron chi connectivity index (χ2n) is 7.27. The minimum atomic E-state index is -0.652. The fourth-order valence-electron chi connectivity index (χ4n) is 4.17. The van der Waals surface area contributed by atoms with Crippen molar-refractivity contribution in [2.75, 3.05) is 50.9 Å². The van der Waals surface area contributed by atoms with E-state index in [0.717, 1.165) is 57.9 Å². The molecule has 1 amide bonds. The molecule has 0 saturated carbocycles. The van der Waals surface area contributed by atoms with Crippen LogP contribution in [0.15, 0.2) is 24.3 Å². The smallest absolute Gasteiger partial charge is 0.258 e. The van der Waals surface area contributed by atoms with Crippen LogP contribution in [0.5, 0.6) is 0 Å². The number of fused-ring (bicyclic) bond motifs is 1. The largest absolute Gasteiger partial charge is 0.379 e. The van der Waals surface area contributed by atoms with E-state index in [1.165, 1.54) is 5.56 Å². The number of morpholine rings is 1. The van der Waals surface area contributed by atoms with Crippen molar-refractivity contribution < 1.29 is 14.3 Å². The molecule has 1 aromatic rings. The quantitative estimate of drug-likeness (QED) is 0.850. The minimum absolute atomic E-state index is 0.122. The molecule has 130 valence electrons. The number of rotatable bonds is 3. The fourth-order valence-corrected chi connectivity index (χ4v) is 4.17. The number of para-hydroxylation sites is 1. The maximum atomic E-state index is 13.1. The molecule has 0 N–H and O–H groups in total.